The fraction of sp³-hybridized carbons (Fsp3) is 0.407. The molecular formula is C27H34N4. The van der Waals surface area contributed by atoms with E-state index in [9.17, 15) is 0 Å². The van der Waals surface area contributed by atoms with E-state index in [1.807, 2.05) is 0 Å². The SMILES string of the molecule is CCn1c(C#CCNc2cccc(C)c2)cc2cc(CNC3CCN(C)CC3)ccc21. The number of hydrogen-bond acceptors (Lipinski definition) is 3. The van der Waals surface area contributed by atoms with Gasteiger partial charge in [0.15, 0.2) is 0 Å². The van der Waals surface area contributed by atoms with Crippen LogP contribution in [0.1, 0.15) is 36.6 Å². The summed E-state index contributed by atoms with van der Waals surface area (Å²) < 4.78 is 2.31. The van der Waals surface area contributed by atoms with Crippen molar-refractivity contribution in [2.45, 2.75) is 45.8 Å². The molecule has 1 aliphatic heterocycles. The number of rotatable bonds is 6. The number of fused-ring (bicyclic) bond motifs is 1. The average molecular weight is 415 g/mol. The first-order valence-corrected chi connectivity index (χ1v) is 11.5. The summed E-state index contributed by atoms with van der Waals surface area (Å²) in [6.45, 7) is 9.17. The number of hydrogen-bond donors (Lipinski definition) is 2. The van der Waals surface area contributed by atoms with Gasteiger partial charge in [0.05, 0.1) is 12.2 Å². The molecule has 0 bridgehead atoms. The molecule has 162 valence electrons. The van der Waals surface area contributed by atoms with Gasteiger partial charge in [-0.1, -0.05) is 24.1 Å². The standard InChI is InChI=1S/C27H34N4/c1-4-31-26(9-6-14-28-25-8-5-7-21(2)17-25)19-23-18-22(10-11-27(23)31)20-29-24-12-15-30(3)16-13-24/h5,7-8,10-11,17-19,24,28-29H,4,12-16,20H2,1-3H3. The number of aromatic nitrogens is 1. The van der Waals surface area contributed by atoms with Crippen molar-refractivity contribution in [3.63, 3.8) is 0 Å². The minimum atomic E-state index is 0.634. The van der Waals surface area contributed by atoms with Gasteiger partial charge < -0.3 is 20.1 Å². The molecule has 1 saturated heterocycles. The van der Waals surface area contributed by atoms with Crippen LogP contribution in [0.15, 0.2) is 48.5 Å². The van der Waals surface area contributed by atoms with Crippen LogP contribution >= 0.6 is 0 Å². The molecule has 0 unspecified atom stereocenters. The van der Waals surface area contributed by atoms with E-state index in [1.165, 1.54) is 48.0 Å². The molecule has 4 heteroatoms. The molecule has 1 fully saturated rings. The number of aryl methyl sites for hydroxylation is 2. The molecule has 2 heterocycles. The second-order valence-corrected chi connectivity index (χ2v) is 8.65. The summed E-state index contributed by atoms with van der Waals surface area (Å²) >= 11 is 0. The Morgan fingerprint density at radius 3 is 2.68 bits per heavy atom. The zero-order chi connectivity index (χ0) is 21.6. The Morgan fingerprint density at radius 2 is 1.90 bits per heavy atom. The van der Waals surface area contributed by atoms with Crippen molar-refractivity contribution in [3.05, 3.63) is 65.4 Å². The molecule has 1 aromatic heterocycles. The highest BCUT2D eigenvalue weighted by molar-refractivity contribution is 5.83. The zero-order valence-corrected chi connectivity index (χ0v) is 19.0. The van der Waals surface area contributed by atoms with Gasteiger partial charge in [0.1, 0.15) is 0 Å². The predicted octanol–water partition coefficient (Wildman–Crippen LogP) is 4.62. The highest BCUT2D eigenvalue weighted by atomic mass is 15.1. The fourth-order valence-electron chi connectivity index (χ4n) is 4.39. The lowest BCUT2D eigenvalue weighted by atomic mass is 10.0. The smallest absolute Gasteiger partial charge is 0.0931 e. The maximum absolute atomic E-state index is 3.75. The average Bonchev–Trinajstić information content (AvgIpc) is 3.13. The number of nitrogens with one attached hydrogen (secondary N) is 2. The summed E-state index contributed by atoms with van der Waals surface area (Å²) in [5, 5.41) is 8.42. The molecule has 4 rings (SSSR count). The second-order valence-electron chi connectivity index (χ2n) is 8.65. The molecule has 0 aliphatic carbocycles. The van der Waals surface area contributed by atoms with Crippen LogP contribution in [0.25, 0.3) is 10.9 Å². The lowest BCUT2D eigenvalue weighted by molar-refractivity contribution is 0.234. The van der Waals surface area contributed by atoms with Crippen molar-refractivity contribution in [1.82, 2.24) is 14.8 Å². The van der Waals surface area contributed by atoms with Gasteiger partial charge in [-0.2, -0.15) is 0 Å². The molecule has 0 spiro atoms. The lowest BCUT2D eigenvalue weighted by Crippen LogP contribution is -2.40. The van der Waals surface area contributed by atoms with Crippen LogP contribution in [-0.2, 0) is 13.1 Å². The topological polar surface area (TPSA) is 32.2 Å². The van der Waals surface area contributed by atoms with Gasteiger partial charge in [0.2, 0.25) is 0 Å². The highest BCUT2D eigenvalue weighted by Crippen LogP contribution is 2.21. The van der Waals surface area contributed by atoms with E-state index in [0.717, 1.165) is 24.5 Å². The minimum Gasteiger partial charge on any atom is -0.374 e. The largest absolute Gasteiger partial charge is 0.374 e. The Kier molecular flexibility index (Phi) is 6.96. The number of piperidine rings is 1. The van der Waals surface area contributed by atoms with Gasteiger partial charge in [0.25, 0.3) is 0 Å². The summed E-state index contributed by atoms with van der Waals surface area (Å²) in [5.74, 6) is 6.67. The van der Waals surface area contributed by atoms with Crippen molar-refractivity contribution in [1.29, 1.82) is 0 Å². The predicted molar refractivity (Wildman–Crippen MR) is 132 cm³/mol. The van der Waals surface area contributed by atoms with Crippen LogP contribution in [-0.4, -0.2) is 42.2 Å². The number of likely N-dealkylation sites (tertiary alicyclic amines) is 1. The van der Waals surface area contributed by atoms with Crippen LogP contribution in [0, 0.1) is 18.8 Å². The molecule has 2 N–H and O–H groups in total. The second kappa shape index (κ2) is 10.0. The lowest BCUT2D eigenvalue weighted by Gasteiger charge is -2.29. The van der Waals surface area contributed by atoms with Crippen molar-refractivity contribution < 1.29 is 0 Å². The third-order valence-electron chi connectivity index (χ3n) is 6.21. The Labute approximate surface area is 186 Å². The van der Waals surface area contributed by atoms with E-state index in [1.54, 1.807) is 0 Å². The van der Waals surface area contributed by atoms with Gasteiger partial charge in [0, 0.05) is 35.7 Å². The Morgan fingerprint density at radius 1 is 1.06 bits per heavy atom. The number of benzene rings is 2. The first-order valence-electron chi connectivity index (χ1n) is 11.5. The van der Waals surface area contributed by atoms with E-state index >= 15 is 0 Å². The highest BCUT2D eigenvalue weighted by Gasteiger charge is 2.16. The molecule has 31 heavy (non-hydrogen) atoms. The summed E-state index contributed by atoms with van der Waals surface area (Å²) in [6, 6.07) is 18.1. The van der Waals surface area contributed by atoms with Crippen molar-refractivity contribution in [2.24, 2.45) is 0 Å². The maximum Gasteiger partial charge on any atom is 0.0931 e. The molecule has 0 radical (unpaired) electrons. The minimum absolute atomic E-state index is 0.634. The van der Waals surface area contributed by atoms with Gasteiger partial charge >= 0.3 is 0 Å². The molecule has 4 nitrogen and oxygen atoms in total. The van der Waals surface area contributed by atoms with Crippen LogP contribution in [0.3, 0.4) is 0 Å². The third kappa shape index (κ3) is 5.50. The number of nitrogens with zero attached hydrogens (tertiary/aromatic N) is 2. The van der Waals surface area contributed by atoms with Gasteiger partial charge in [-0.05, 0) is 94.2 Å². The van der Waals surface area contributed by atoms with Crippen molar-refractivity contribution >= 4 is 16.6 Å². The van der Waals surface area contributed by atoms with Gasteiger partial charge in [-0.25, -0.2) is 0 Å². The number of anilines is 1. The molecule has 1 aliphatic rings. The quantitative estimate of drug-likeness (QED) is 0.578. The van der Waals surface area contributed by atoms with Crippen LogP contribution in [0.4, 0.5) is 5.69 Å². The molecule has 0 amide bonds. The third-order valence-corrected chi connectivity index (χ3v) is 6.21. The summed E-state index contributed by atoms with van der Waals surface area (Å²) in [5.41, 5.74) is 6.07. The molecular weight excluding hydrogens is 380 g/mol. The maximum atomic E-state index is 3.75. The van der Waals surface area contributed by atoms with Crippen LogP contribution in [0.5, 0.6) is 0 Å². The van der Waals surface area contributed by atoms with E-state index in [0.29, 0.717) is 12.6 Å². The molecule has 3 aromatic rings. The zero-order valence-electron chi connectivity index (χ0n) is 19.0. The summed E-state index contributed by atoms with van der Waals surface area (Å²) in [6.07, 6.45) is 2.47. The summed E-state index contributed by atoms with van der Waals surface area (Å²) in [7, 11) is 2.21. The van der Waals surface area contributed by atoms with Crippen LogP contribution in [0.2, 0.25) is 0 Å². The van der Waals surface area contributed by atoms with E-state index in [-0.39, 0.29) is 0 Å². The van der Waals surface area contributed by atoms with Crippen LogP contribution < -0.4 is 10.6 Å². The van der Waals surface area contributed by atoms with E-state index in [2.05, 4.69) is 101 Å². The molecule has 0 saturated carbocycles. The Hall–Kier alpha value is -2.74. The molecule has 0 atom stereocenters. The normalized spacial score (nSPS) is 15.1. The first-order chi connectivity index (χ1) is 15.1. The van der Waals surface area contributed by atoms with Crippen molar-refractivity contribution in [3.8, 4) is 11.8 Å². The molecule has 2 aromatic carbocycles. The fourth-order valence-corrected chi connectivity index (χ4v) is 4.39. The Balaban J connectivity index is 1.42. The Bertz CT molecular complexity index is 1080. The monoisotopic (exact) mass is 414 g/mol. The van der Waals surface area contributed by atoms with Gasteiger partial charge in [-0.15, -0.1) is 0 Å². The van der Waals surface area contributed by atoms with E-state index < -0.39 is 0 Å². The van der Waals surface area contributed by atoms with E-state index in [4.69, 9.17) is 0 Å². The first kappa shape index (κ1) is 21.5. The van der Waals surface area contributed by atoms with Crippen molar-refractivity contribution in [2.75, 3.05) is 32.0 Å². The summed E-state index contributed by atoms with van der Waals surface area (Å²) in [4.78, 5) is 2.41. The van der Waals surface area contributed by atoms with Gasteiger partial charge in [-0.3, -0.25) is 0 Å².